The highest BCUT2D eigenvalue weighted by atomic mass is 35.5. The molecule has 0 saturated carbocycles. The second-order valence-corrected chi connectivity index (χ2v) is 5.45. The lowest BCUT2D eigenvalue weighted by Gasteiger charge is -2.20. The van der Waals surface area contributed by atoms with Crippen LogP contribution in [0.4, 0.5) is 0 Å². The van der Waals surface area contributed by atoms with Gasteiger partial charge in [0.25, 0.3) is 0 Å². The molecule has 0 spiro atoms. The molecular weight excluding hydrogens is 295 g/mol. The van der Waals surface area contributed by atoms with Crippen LogP contribution in [0.3, 0.4) is 0 Å². The van der Waals surface area contributed by atoms with Crippen molar-refractivity contribution in [3.05, 3.63) is 23.1 Å². The maximum atomic E-state index is 6.00. The van der Waals surface area contributed by atoms with Crippen LogP contribution >= 0.6 is 23.2 Å². The maximum absolute atomic E-state index is 6.00. The summed E-state index contributed by atoms with van der Waals surface area (Å²) < 4.78 is 2.09. The predicted octanol–water partition coefficient (Wildman–Crippen LogP) is 3.56. The van der Waals surface area contributed by atoms with E-state index in [9.17, 15) is 0 Å². The van der Waals surface area contributed by atoms with Gasteiger partial charge in [-0.2, -0.15) is 0 Å². The molecule has 0 saturated heterocycles. The molecule has 0 aliphatic rings. The highest BCUT2D eigenvalue weighted by Crippen LogP contribution is 2.19. The molecule has 0 unspecified atom stereocenters. The van der Waals surface area contributed by atoms with Crippen LogP contribution in [-0.2, 0) is 12.4 Å². The van der Waals surface area contributed by atoms with Crippen molar-refractivity contribution in [2.75, 3.05) is 19.6 Å². The van der Waals surface area contributed by atoms with E-state index in [1.807, 2.05) is 6.07 Å². The fraction of sp³-hybridized carbons (Fsp3) is 0.571. The van der Waals surface area contributed by atoms with E-state index in [4.69, 9.17) is 23.2 Å². The number of alkyl halides is 1. The van der Waals surface area contributed by atoms with Gasteiger partial charge in [0.05, 0.1) is 10.9 Å². The van der Waals surface area contributed by atoms with Crippen LogP contribution in [0.5, 0.6) is 0 Å². The van der Waals surface area contributed by atoms with Gasteiger partial charge in [-0.05, 0) is 25.6 Å². The fourth-order valence-corrected chi connectivity index (χ4v) is 2.71. The summed E-state index contributed by atoms with van der Waals surface area (Å²) in [5.74, 6) is 1.23. The number of imidazole rings is 1. The van der Waals surface area contributed by atoms with E-state index in [1.54, 1.807) is 6.20 Å². The minimum atomic E-state index is 0.383. The van der Waals surface area contributed by atoms with Crippen molar-refractivity contribution in [3.63, 3.8) is 0 Å². The van der Waals surface area contributed by atoms with Crippen LogP contribution in [0.1, 0.15) is 26.1 Å². The zero-order valence-corrected chi connectivity index (χ0v) is 13.5. The van der Waals surface area contributed by atoms with E-state index in [0.717, 1.165) is 49.6 Å². The Morgan fingerprint density at radius 3 is 2.75 bits per heavy atom. The molecule has 0 N–H and O–H groups in total. The van der Waals surface area contributed by atoms with Crippen molar-refractivity contribution in [1.82, 2.24) is 19.4 Å². The van der Waals surface area contributed by atoms with Gasteiger partial charge in [0.2, 0.25) is 0 Å². The van der Waals surface area contributed by atoms with Gasteiger partial charge >= 0.3 is 0 Å². The van der Waals surface area contributed by atoms with Gasteiger partial charge < -0.3 is 9.47 Å². The van der Waals surface area contributed by atoms with Gasteiger partial charge in [0, 0.05) is 19.3 Å². The first-order valence-electron chi connectivity index (χ1n) is 6.98. The number of halogens is 2. The molecule has 110 valence electrons. The molecule has 0 amide bonds. The summed E-state index contributed by atoms with van der Waals surface area (Å²) in [6.45, 7) is 8.37. The van der Waals surface area contributed by atoms with Crippen LogP contribution in [0, 0.1) is 0 Å². The summed E-state index contributed by atoms with van der Waals surface area (Å²) in [5, 5.41) is 0.601. The van der Waals surface area contributed by atoms with Crippen molar-refractivity contribution in [3.8, 4) is 0 Å². The number of nitrogens with zero attached hydrogens (tertiary/aromatic N) is 4. The summed E-state index contributed by atoms with van der Waals surface area (Å²) >= 11 is 12.0. The molecule has 4 nitrogen and oxygen atoms in total. The Balaban J connectivity index is 2.23. The van der Waals surface area contributed by atoms with E-state index >= 15 is 0 Å². The summed E-state index contributed by atoms with van der Waals surface area (Å²) in [5.41, 5.74) is 1.67. The number of aromatic nitrogens is 3. The van der Waals surface area contributed by atoms with Gasteiger partial charge in [0.1, 0.15) is 11.3 Å². The lowest BCUT2D eigenvalue weighted by Crippen LogP contribution is -2.28. The van der Waals surface area contributed by atoms with Gasteiger partial charge in [-0.3, -0.25) is 0 Å². The highest BCUT2D eigenvalue weighted by Gasteiger charge is 2.12. The average Bonchev–Trinajstić information content (AvgIpc) is 2.80. The quantitative estimate of drug-likeness (QED) is 0.733. The molecule has 2 rings (SSSR count). The Bertz CT molecular complexity index is 568. The van der Waals surface area contributed by atoms with Crippen molar-refractivity contribution in [2.24, 2.45) is 0 Å². The van der Waals surface area contributed by atoms with Crippen LogP contribution in [0.2, 0.25) is 5.02 Å². The minimum absolute atomic E-state index is 0.383. The molecule has 2 heterocycles. The standard InChI is InChI=1S/C14H20Cl2N4/c1-3-5-19(4-2)6-7-20-13(9-15)18-12-8-11(16)10-17-14(12)20/h8,10H,3-7,9H2,1-2H3. The molecule has 0 aliphatic carbocycles. The Labute approximate surface area is 129 Å². The SMILES string of the molecule is CCCN(CC)CCn1c(CCl)nc2cc(Cl)cnc21. The Hall–Kier alpha value is -0.840. The Morgan fingerprint density at radius 1 is 1.30 bits per heavy atom. The first-order chi connectivity index (χ1) is 9.69. The van der Waals surface area contributed by atoms with Crippen LogP contribution in [0.15, 0.2) is 12.3 Å². The number of hydrogen-bond acceptors (Lipinski definition) is 3. The van der Waals surface area contributed by atoms with Gasteiger partial charge in [0.15, 0.2) is 5.65 Å². The second kappa shape index (κ2) is 7.25. The summed E-state index contributed by atoms with van der Waals surface area (Å²) in [6.07, 6.45) is 2.82. The van der Waals surface area contributed by atoms with Crippen LogP contribution in [-0.4, -0.2) is 39.1 Å². The lowest BCUT2D eigenvalue weighted by atomic mass is 10.4. The average molecular weight is 315 g/mol. The summed E-state index contributed by atoms with van der Waals surface area (Å²) in [7, 11) is 0. The zero-order chi connectivity index (χ0) is 14.5. The first kappa shape index (κ1) is 15.5. The number of hydrogen-bond donors (Lipinski definition) is 0. The third-order valence-corrected chi connectivity index (χ3v) is 3.82. The van der Waals surface area contributed by atoms with Crippen LogP contribution < -0.4 is 0 Å². The van der Waals surface area contributed by atoms with Gasteiger partial charge in [-0.15, -0.1) is 11.6 Å². The molecular formula is C14H20Cl2N4. The van der Waals surface area contributed by atoms with E-state index < -0.39 is 0 Å². The molecule has 2 aromatic heterocycles. The number of likely N-dealkylation sites (N-methyl/N-ethyl adjacent to an activating group) is 1. The van der Waals surface area contributed by atoms with Crippen molar-refractivity contribution >= 4 is 34.4 Å². The van der Waals surface area contributed by atoms with E-state index in [-0.39, 0.29) is 0 Å². The maximum Gasteiger partial charge on any atom is 0.160 e. The number of pyridine rings is 1. The second-order valence-electron chi connectivity index (χ2n) is 4.74. The predicted molar refractivity (Wildman–Crippen MR) is 84.5 cm³/mol. The molecule has 2 aromatic rings. The fourth-order valence-electron chi connectivity index (χ4n) is 2.36. The Kier molecular flexibility index (Phi) is 5.64. The smallest absolute Gasteiger partial charge is 0.160 e. The van der Waals surface area contributed by atoms with E-state index in [1.165, 1.54) is 0 Å². The largest absolute Gasteiger partial charge is 0.310 e. The van der Waals surface area contributed by atoms with Crippen molar-refractivity contribution in [2.45, 2.75) is 32.7 Å². The highest BCUT2D eigenvalue weighted by molar-refractivity contribution is 6.31. The lowest BCUT2D eigenvalue weighted by molar-refractivity contribution is 0.277. The summed E-state index contributed by atoms with van der Waals surface area (Å²) in [4.78, 5) is 11.3. The third-order valence-electron chi connectivity index (χ3n) is 3.38. The topological polar surface area (TPSA) is 34.0 Å². The van der Waals surface area contributed by atoms with E-state index in [2.05, 4.69) is 33.3 Å². The normalized spacial score (nSPS) is 11.7. The van der Waals surface area contributed by atoms with Crippen LogP contribution in [0.25, 0.3) is 11.2 Å². The monoisotopic (exact) mass is 314 g/mol. The Morgan fingerprint density at radius 2 is 2.10 bits per heavy atom. The van der Waals surface area contributed by atoms with Crippen molar-refractivity contribution < 1.29 is 0 Å². The molecule has 6 heteroatoms. The molecule has 0 radical (unpaired) electrons. The molecule has 0 fully saturated rings. The van der Waals surface area contributed by atoms with Gasteiger partial charge in [-0.25, -0.2) is 9.97 Å². The third kappa shape index (κ3) is 3.43. The molecule has 0 aliphatic heterocycles. The summed E-state index contributed by atoms with van der Waals surface area (Å²) in [6, 6.07) is 1.83. The zero-order valence-electron chi connectivity index (χ0n) is 11.9. The minimum Gasteiger partial charge on any atom is -0.310 e. The van der Waals surface area contributed by atoms with Crippen molar-refractivity contribution in [1.29, 1.82) is 0 Å². The molecule has 0 bridgehead atoms. The number of rotatable bonds is 7. The molecule has 20 heavy (non-hydrogen) atoms. The van der Waals surface area contributed by atoms with E-state index in [0.29, 0.717) is 10.9 Å². The number of fused-ring (bicyclic) bond motifs is 1. The molecule has 0 atom stereocenters. The van der Waals surface area contributed by atoms with Gasteiger partial charge in [-0.1, -0.05) is 25.4 Å². The molecule has 0 aromatic carbocycles. The first-order valence-corrected chi connectivity index (χ1v) is 7.89.